The highest BCUT2D eigenvalue weighted by atomic mass is 16.5. The summed E-state index contributed by atoms with van der Waals surface area (Å²) in [5.41, 5.74) is 0. The lowest BCUT2D eigenvalue weighted by Gasteiger charge is -2.21. The highest BCUT2D eigenvalue weighted by Crippen LogP contribution is 2.32. The summed E-state index contributed by atoms with van der Waals surface area (Å²) in [6.07, 6.45) is 4.95. The molecule has 0 bridgehead atoms. The second kappa shape index (κ2) is 3.59. The van der Waals surface area contributed by atoms with Gasteiger partial charge < -0.3 is 9.30 Å². The van der Waals surface area contributed by atoms with Gasteiger partial charge in [0.2, 0.25) is 0 Å². The third kappa shape index (κ3) is 1.47. The Bertz CT molecular complexity index is 355. The van der Waals surface area contributed by atoms with E-state index in [9.17, 15) is 0 Å². The Morgan fingerprint density at radius 3 is 2.87 bits per heavy atom. The Labute approximate surface area is 89.6 Å². The molecular weight excluding hydrogens is 190 g/mol. The van der Waals surface area contributed by atoms with Crippen LogP contribution in [0.1, 0.15) is 56.3 Å². The van der Waals surface area contributed by atoms with E-state index < -0.39 is 0 Å². The maximum atomic E-state index is 5.68. The van der Waals surface area contributed by atoms with E-state index in [1.165, 1.54) is 12.8 Å². The third-order valence-electron chi connectivity index (χ3n) is 3.49. The average Bonchev–Trinajstić information content (AvgIpc) is 2.85. The predicted molar refractivity (Wildman–Crippen MR) is 55.6 cm³/mol. The fraction of sp³-hybridized carbons (Fsp3) is 0.818. The second-order valence-electron chi connectivity index (χ2n) is 4.61. The monoisotopic (exact) mass is 207 g/mol. The molecule has 0 N–H and O–H groups in total. The first-order chi connectivity index (χ1) is 7.36. The smallest absolute Gasteiger partial charge is 0.162 e. The van der Waals surface area contributed by atoms with Crippen molar-refractivity contribution < 1.29 is 4.74 Å². The van der Waals surface area contributed by atoms with E-state index in [4.69, 9.17) is 4.74 Å². The first kappa shape index (κ1) is 9.33. The lowest BCUT2D eigenvalue weighted by atomic mass is 10.0. The van der Waals surface area contributed by atoms with Gasteiger partial charge in [0.05, 0.1) is 0 Å². The van der Waals surface area contributed by atoms with Gasteiger partial charge in [-0.1, -0.05) is 6.92 Å². The first-order valence-electron chi connectivity index (χ1n) is 5.91. The van der Waals surface area contributed by atoms with Gasteiger partial charge in [-0.15, -0.1) is 10.2 Å². The number of ether oxygens (including phenoxy) is 1. The van der Waals surface area contributed by atoms with Gasteiger partial charge in [-0.05, 0) is 25.7 Å². The highest BCUT2D eigenvalue weighted by Gasteiger charge is 2.28. The van der Waals surface area contributed by atoms with Crippen LogP contribution in [0.15, 0.2) is 0 Å². The van der Waals surface area contributed by atoms with Crippen LogP contribution < -0.4 is 0 Å². The summed E-state index contributed by atoms with van der Waals surface area (Å²) in [7, 11) is 0. The van der Waals surface area contributed by atoms with Crippen LogP contribution >= 0.6 is 0 Å². The number of hydrogen-bond acceptors (Lipinski definition) is 3. The number of hydrogen-bond donors (Lipinski definition) is 0. The van der Waals surface area contributed by atoms with Crippen molar-refractivity contribution in [2.24, 2.45) is 0 Å². The summed E-state index contributed by atoms with van der Waals surface area (Å²) in [5, 5.41) is 8.63. The van der Waals surface area contributed by atoms with Crippen LogP contribution in [-0.2, 0) is 11.3 Å². The molecule has 0 aromatic carbocycles. The molecule has 82 valence electrons. The molecule has 1 fully saturated rings. The van der Waals surface area contributed by atoms with Gasteiger partial charge in [0.1, 0.15) is 11.9 Å². The van der Waals surface area contributed by atoms with Crippen LogP contribution in [0.5, 0.6) is 0 Å². The Hall–Kier alpha value is -0.900. The Balaban J connectivity index is 1.95. The summed E-state index contributed by atoms with van der Waals surface area (Å²) in [5.74, 6) is 2.78. The number of aromatic nitrogens is 3. The van der Waals surface area contributed by atoms with Crippen LogP contribution in [-0.4, -0.2) is 21.4 Å². The summed E-state index contributed by atoms with van der Waals surface area (Å²) < 4.78 is 7.96. The fourth-order valence-corrected chi connectivity index (χ4v) is 2.63. The molecule has 1 aromatic rings. The average molecular weight is 207 g/mol. The van der Waals surface area contributed by atoms with Crippen molar-refractivity contribution in [2.75, 3.05) is 6.61 Å². The third-order valence-corrected chi connectivity index (χ3v) is 3.49. The molecular formula is C11H17N3O. The SMILES string of the molecule is CC1CCCn2c1nnc2C1CCCO1. The van der Waals surface area contributed by atoms with E-state index in [0.29, 0.717) is 5.92 Å². The fourth-order valence-electron chi connectivity index (χ4n) is 2.63. The molecule has 15 heavy (non-hydrogen) atoms. The van der Waals surface area contributed by atoms with Crippen LogP contribution in [0.4, 0.5) is 0 Å². The van der Waals surface area contributed by atoms with E-state index in [0.717, 1.165) is 37.6 Å². The molecule has 4 heteroatoms. The quantitative estimate of drug-likeness (QED) is 0.707. The minimum atomic E-state index is 0.205. The molecule has 2 unspecified atom stereocenters. The molecule has 0 spiro atoms. The topological polar surface area (TPSA) is 39.9 Å². The maximum absolute atomic E-state index is 5.68. The zero-order valence-electron chi connectivity index (χ0n) is 9.15. The van der Waals surface area contributed by atoms with Gasteiger partial charge in [0.15, 0.2) is 5.82 Å². The van der Waals surface area contributed by atoms with Crippen molar-refractivity contribution in [1.82, 2.24) is 14.8 Å². The van der Waals surface area contributed by atoms with Gasteiger partial charge >= 0.3 is 0 Å². The van der Waals surface area contributed by atoms with E-state index in [2.05, 4.69) is 21.7 Å². The zero-order valence-corrected chi connectivity index (χ0v) is 9.15. The summed E-state index contributed by atoms with van der Waals surface area (Å²) in [6, 6.07) is 0. The molecule has 2 aliphatic rings. The standard InChI is InChI=1S/C11H17N3O/c1-8-4-2-6-14-10(8)12-13-11(14)9-5-3-7-15-9/h8-9H,2-7H2,1H3. The first-order valence-corrected chi connectivity index (χ1v) is 5.91. The van der Waals surface area contributed by atoms with Crippen molar-refractivity contribution in [3.8, 4) is 0 Å². The molecule has 4 nitrogen and oxygen atoms in total. The molecule has 0 saturated carbocycles. The van der Waals surface area contributed by atoms with E-state index >= 15 is 0 Å². The summed E-state index contributed by atoms with van der Waals surface area (Å²) >= 11 is 0. The van der Waals surface area contributed by atoms with Crippen molar-refractivity contribution in [3.63, 3.8) is 0 Å². The molecule has 1 saturated heterocycles. The Kier molecular flexibility index (Phi) is 2.24. The maximum Gasteiger partial charge on any atom is 0.162 e. The number of nitrogens with zero attached hydrogens (tertiary/aromatic N) is 3. The highest BCUT2D eigenvalue weighted by molar-refractivity contribution is 5.06. The number of fused-ring (bicyclic) bond motifs is 1. The molecule has 3 heterocycles. The van der Waals surface area contributed by atoms with E-state index in [1.54, 1.807) is 0 Å². The van der Waals surface area contributed by atoms with Gasteiger partial charge in [0.25, 0.3) is 0 Å². The molecule has 3 rings (SSSR count). The van der Waals surface area contributed by atoms with Crippen molar-refractivity contribution in [3.05, 3.63) is 11.6 Å². The molecule has 0 amide bonds. The molecule has 1 aromatic heterocycles. The van der Waals surface area contributed by atoms with Crippen LogP contribution in [0, 0.1) is 0 Å². The van der Waals surface area contributed by atoms with Crippen LogP contribution in [0.25, 0.3) is 0 Å². The summed E-state index contributed by atoms with van der Waals surface area (Å²) in [6.45, 7) is 4.18. The minimum Gasteiger partial charge on any atom is -0.370 e. The molecule has 2 aliphatic heterocycles. The van der Waals surface area contributed by atoms with E-state index in [-0.39, 0.29) is 6.10 Å². The Morgan fingerprint density at radius 2 is 2.07 bits per heavy atom. The van der Waals surface area contributed by atoms with Crippen molar-refractivity contribution in [2.45, 2.75) is 51.2 Å². The van der Waals surface area contributed by atoms with Gasteiger partial charge in [0, 0.05) is 19.1 Å². The Morgan fingerprint density at radius 1 is 1.20 bits per heavy atom. The largest absolute Gasteiger partial charge is 0.370 e. The second-order valence-corrected chi connectivity index (χ2v) is 4.61. The normalized spacial score (nSPS) is 30.5. The van der Waals surface area contributed by atoms with Gasteiger partial charge in [-0.3, -0.25) is 0 Å². The predicted octanol–water partition coefficient (Wildman–Crippen LogP) is 2.03. The zero-order chi connectivity index (χ0) is 10.3. The van der Waals surface area contributed by atoms with Gasteiger partial charge in [-0.25, -0.2) is 0 Å². The minimum absolute atomic E-state index is 0.205. The van der Waals surface area contributed by atoms with Gasteiger partial charge in [-0.2, -0.15) is 0 Å². The molecule has 2 atom stereocenters. The number of rotatable bonds is 1. The lowest BCUT2D eigenvalue weighted by Crippen LogP contribution is -2.17. The molecule has 0 aliphatic carbocycles. The lowest BCUT2D eigenvalue weighted by molar-refractivity contribution is 0.101. The van der Waals surface area contributed by atoms with Crippen molar-refractivity contribution in [1.29, 1.82) is 0 Å². The van der Waals surface area contributed by atoms with Crippen molar-refractivity contribution >= 4 is 0 Å². The van der Waals surface area contributed by atoms with Crippen LogP contribution in [0.3, 0.4) is 0 Å². The molecule has 0 radical (unpaired) electrons. The van der Waals surface area contributed by atoms with E-state index in [1.807, 2.05) is 0 Å². The van der Waals surface area contributed by atoms with Crippen LogP contribution in [0.2, 0.25) is 0 Å². The summed E-state index contributed by atoms with van der Waals surface area (Å²) in [4.78, 5) is 0.